The molecule has 0 spiro atoms. The van der Waals surface area contributed by atoms with Crippen molar-refractivity contribution in [3.63, 3.8) is 0 Å². The smallest absolute Gasteiger partial charge is 0.227 e. The summed E-state index contributed by atoms with van der Waals surface area (Å²) in [6, 6.07) is 16.3. The molecule has 0 atom stereocenters. The number of hydrogen-bond donors (Lipinski definition) is 0. The fourth-order valence-electron chi connectivity index (χ4n) is 3.57. The summed E-state index contributed by atoms with van der Waals surface area (Å²) in [5, 5.41) is 8.16. The summed E-state index contributed by atoms with van der Waals surface area (Å²) < 4.78 is 0. The van der Waals surface area contributed by atoms with Crippen LogP contribution in [0.1, 0.15) is 38.8 Å². The van der Waals surface area contributed by atoms with Crippen LogP contribution >= 0.6 is 45.3 Å². The third-order valence-corrected chi connectivity index (χ3v) is 8.73. The van der Waals surface area contributed by atoms with Crippen molar-refractivity contribution in [1.82, 2.24) is 9.80 Å². The molecule has 4 rings (SSSR count). The molecule has 0 unspecified atom stereocenters. The average molecular weight is 528 g/mol. The highest BCUT2D eigenvalue weighted by atomic mass is 32.1. The molecule has 0 N–H and O–H groups in total. The van der Waals surface area contributed by atoms with Crippen molar-refractivity contribution < 1.29 is 9.59 Å². The van der Waals surface area contributed by atoms with Crippen molar-refractivity contribution in [3.05, 3.63) is 96.0 Å². The van der Waals surface area contributed by atoms with E-state index in [1.807, 2.05) is 55.6 Å². The standard InChI is InChI=1S/C26H27N2O2S4/c29-25(27(17-21-7-3-13-31-21)18-22-8-4-14-32-22)11-1-2-12-26(30)28(19-23-9-5-15-33-23)20-24-10-6-16-34-24/h3-11,13-16H,1-2,12,17-20H2. The predicted octanol–water partition coefficient (Wildman–Crippen LogP) is 7.06. The zero-order chi connectivity index (χ0) is 23.6. The van der Waals surface area contributed by atoms with Gasteiger partial charge in [0.05, 0.1) is 26.2 Å². The molecule has 0 fully saturated rings. The van der Waals surface area contributed by atoms with Crippen molar-refractivity contribution in [2.75, 3.05) is 0 Å². The number of carbonyl (C=O) groups excluding carboxylic acids is 2. The van der Waals surface area contributed by atoms with Gasteiger partial charge in [-0.05, 0) is 58.6 Å². The van der Waals surface area contributed by atoms with Crippen LogP contribution in [0.2, 0.25) is 0 Å². The van der Waals surface area contributed by atoms with E-state index in [4.69, 9.17) is 0 Å². The second kappa shape index (κ2) is 13.0. The fourth-order valence-corrected chi connectivity index (χ4v) is 6.45. The molecule has 0 aliphatic carbocycles. The highest BCUT2D eigenvalue weighted by Gasteiger charge is 2.18. The SMILES string of the molecule is O=C([CH]CCCC(=O)N(Cc1cccs1)Cc1cccs1)N(Cc1cccs1)Cc1cccs1. The van der Waals surface area contributed by atoms with Crippen LogP contribution in [0, 0.1) is 6.42 Å². The van der Waals surface area contributed by atoms with E-state index in [0.29, 0.717) is 45.4 Å². The molecular weight excluding hydrogens is 501 g/mol. The number of hydrogen-bond acceptors (Lipinski definition) is 6. The Balaban J connectivity index is 1.28. The van der Waals surface area contributed by atoms with E-state index in [0.717, 1.165) is 0 Å². The molecule has 34 heavy (non-hydrogen) atoms. The maximum atomic E-state index is 13.0. The fraction of sp³-hybridized carbons (Fsp3) is 0.269. The first-order chi connectivity index (χ1) is 16.7. The summed E-state index contributed by atoms with van der Waals surface area (Å²) in [6.07, 6.45) is 3.46. The first-order valence-electron chi connectivity index (χ1n) is 11.2. The molecular formula is C26H27N2O2S4. The molecule has 4 aromatic heterocycles. The average Bonchev–Trinajstić information content (AvgIpc) is 3.64. The van der Waals surface area contributed by atoms with Gasteiger partial charge >= 0.3 is 0 Å². The zero-order valence-electron chi connectivity index (χ0n) is 18.8. The van der Waals surface area contributed by atoms with E-state index in [-0.39, 0.29) is 11.8 Å². The first-order valence-corrected chi connectivity index (χ1v) is 14.7. The minimum absolute atomic E-state index is 0.0308. The number of nitrogens with zero attached hydrogens (tertiary/aromatic N) is 2. The molecule has 2 amide bonds. The Morgan fingerprint density at radius 1 is 0.647 bits per heavy atom. The summed E-state index contributed by atoms with van der Waals surface area (Å²) in [4.78, 5) is 34.5. The van der Waals surface area contributed by atoms with Crippen LogP contribution in [-0.4, -0.2) is 21.6 Å². The number of carbonyl (C=O) groups is 2. The summed E-state index contributed by atoms with van der Waals surface area (Å²) in [7, 11) is 0. The molecule has 0 saturated heterocycles. The van der Waals surface area contributed by atoms with Crippen LogP contribution in [0.15, 0.2) is 70.1 Å². The lowest BCUT2D eigenvalue weighted by atomic mass is 10.1. The van der Waals surface area contributed by atoms with Crippen molar-refractivity contribution in [1.29, 1.82) is 0 Å². The van der Waals surface area contributed by atoms with Crippen molar-refractivity contribution in [2.24, 2.45) is 0 Å². The predicted molar refractivity (Wildman–Crippen MR) is 144 cm³/mol. The van der Waals surface area contributed by atoms with Gasteiger partial charge in [0, 0.05) is 32.4 Å². The van der Waals surface area contributed by atoms with Gasteiger partial charge < -0.3 is 9.80 Å². The van der Waals surface area contributed by atoms with Crippen LogP contribution in [-0.2, 0) is 35.8 Å². The van der Waals surface area contributed by atoms with Gasteiger partial charge in [-0.25, -0.2) is 0 Å². The van der Waals surface area contributed by atoms with Gasteiger partial charge in [0.25, 0.3) is 0 Å². The lowest BCUT2D eigenvalue weighted by Gasteiger charge is -2.22. The third-order valence-electron chi connectivity index (χ3n) is 5.29. The Bertz CT molecular complexity index is 941. The van der Waals surface area contributed by atoms with Crippen LogP contribution in [0.3, 0.4) is 0 Å². The zero-order valence-corrected chi connectivity index (χ0v) is 22.1. The molecule has 4 aromatic rings. The van der Waals surface area contributed by atoms with E-state index in [2.05, 4.69) is 24.3 Å². The summed E-state index contributed by atoms with van der Waals surface area (Å²) in [6.45, 7) is 2.48. The highest BCUT2D eigenvalue weighted by molar-refractivity contribution is 7.10. The van der Waals surface area contributed by atoms with Gasteiger partial charge in [-0.15, -0.1) is 45.3 Å². The minimum atomic E-state index is 0.0308. The molecule has 0 aromatic carbocycles. The maximum Gasteiger partial charge on any atom is 0.227 e. The minimum Gasteiger partial charge on any atom is -0.332 e. The van der Waals surface area contributed by atoms with E-state index < -0.39 is 0 Å². The second-order valence-electron chi connectivity index (χ2n) is 7.86. The number of amides is 2. The third kappa shape index (κ3) is 7.63. The molecule has 0 saturated carbocycles. The Labute approximate surface area is 217 Å². The van der Waals surface area contributed by atoms with Crippen molar-refractivity contribution >= 4 is 57.2 Å². The summed E-state index contributed by atoms with van der Waals surface area (Å²) >= 11 is 6.68. The van der Waals surface area contributed by atoms with E-state index in [1.165, 1.54) is 19.5 Å². The molecule has 8 heteroatoms. The second-order valence-corrected chi connectivity index (χ2v) is 12.0. The molecule has 4 heterocycles. The molecule has 0 aliphatic rings. The van der Waals surface area contributed by atoms with Crippen LogP contribution < -0.4 is 0 Å². The van der Waals surface area contributed by atoms with Gasteiger partial charge in [0.1, 0.15) is 0 Å². The van der Waals surface area contributed by atoms with Crippen molar-refractivity contribution in [2.45, 2.75) is 45.4 Å². The largest absolute Gasteiger partial charge is 0.332 e. The number of thiophene rings is 4. The first kappa shape index (κ1) is 24.9. The van der Waals surface area contributed by atoms with Crippen LogP contribution in [0.4, 0.5) is 0 Å². The Morgan fingerprint density at radius 2 is 1.06 bits per heavy atom. The Kier molecular flexibility index (Phi) is 9.50. The molecule has 1 radical (unpaired) electrons. The Morgan fingerprint density at radius 3 is 1.44 bits per heavy atom. The topological polar surface area (TPSA) is 40.6 Å². The monoisotopic (exact) mass is 527 g/mol. The number of rotatable bonds is 13. The molecule has 0 aliphatic heterocycles. The number of unbranched alkanes of at least 4 members (excludes halogenated alkanes) is 1. The van der Waals surface area contributed by atoms with E-state index >= 15 is 0 Å². The molecule has 0 bridgehead atoms. The van der Waals surface area contributed by atoms with E-state index in [9.17, 15) is 9.59 Å². The molecule has 4 nitrogen and oxygen atoms in total. The summed E-state index contributed by atoms with van der Waals surface area (Å²) in [5.74, 6) is 0.167. The lowest BCUT2D eigenvalue weighted by molar-refractivity contribution is -0.133. The van der Waals surface area contributed by atoms with Gasteiger partial charge in [-0.3, -0.25) is 9.59 Å². The lowest BCUT2D eigenvalue weighted by Crippen LogP contribution is -2.30. The summed E-state index contributed by atoms with van der Waals surface area (Å²) in [5.41, 5.74) is 0. The van der Waals surface area contributed by atoms with Gasteiger partial charge in [-0.2, -0.15) is 0 Å². The van der Waals surface area contributed by atoms with Gasteiger partial charge in [0.2, 0.25) is 11.8 Å². The van der Waals surface area contributed by atoms with Gasteiger partial charge in [-0.1, -0.05) is 24.3 Å². The van der Waals surface area contributed by atoms with E-state index in [1.54, 1.807) is 51.8 Å². The normalized spacial score (nSPS) is 10.9. The maximum absolute atomic E-state index is 13.0. The Hall–Kier alpha value is -2.26. The van der Waals surface area contributed by atoms with Crippen LogP contribution in [0.5, 0.6) is 0 Å². The highest BCUT2D eigenvalue weighted by Crippen LogP contribution is 2.20. The quantitative estimate of drug-likeness (QED) is 0.175. The van der Waals surface area contributed by atoms with Gasteiger partial charge in [0.15, 0.2) is 0 Å². The van der Waals surface area contributed by atoms with Crippen LogP contribution in [0.25, 0.3) is 0 Å². The van der Waals surface area contributed by atoms with Crippen molar-refractivity contribution in [3.8, 4) is 0 Å². The molecule has 177 valence electrons.